The van der Waals surface area contributed by atoms with Gasteiger partial charge in [0.25, 0.3) is 0 Å². The van der Waals surface area contributed by atoms with Crippen molar-refractivity contribution in [2.24, 2.45) is 22.2 Å². The molecule has 1 aromatic rings. The Morgan fingerprint density at radius 2 is 1.52 bits per heavy atom. The second-order valence-electron chi connectivity index (χ2n) is 12.4. The second kappa shape index (κ2) is 20.8. The smallest absolute Gasteiger partial charge is 0.245 e. The number of hydrogen-bond donors (Lipinski definition) is 15. The number of halogens is 2. The van der Waals surface area contributed by atoms with E-state index in [0.717, 1.165) is 0 Å². The van der Waals surface area contributed by atoms with Gasteiger partial charge in [-0.3, -0.25) is 28.8 Å². The van der Waals surface area contributed by atoms with Crippen molar-refractivity contribution in [2.75, 3.05) is 38.2 Å². The summed E-state index contributed by atoms with van der Waals surface area (Å²) in [4.78, 5) is 84.3. The second-order valence-corrected chi connectivity index (χ2v) is 13.2. The molecule has 6 amide bonds. The van der Waals surface area contributed by atoms with E-state index in [2.05, 4.69) is 47.5 Å². The Balaban J connectivity index is 2.00. The lowest BCUT2D eigenvalue weighted by Gasteiger charge is -2.33. The van der Waals surface area contributed by atoms with Gasteiger partial charge >= 0.3 is 0 Å². The summed E-state index contributed by atoms with van der Waals surface area (Å²) in [7, 11) is 0. The predicted molar refractivity (Wildman–Crippen MR) is 193 cm³/mol. The average Bonchev–Trinajstić information content (AvgIpc) is 3.11. The van der Waals surface area contributed by atoms with E-state index >= 15 is 0 Å². The van der Waals surface area contributed by atoms with Crippen LogP contribution in [0.4, 0.5) is 5.69 Å². The lowest BCUT2D eigenvalue weighted by atomic mass is 10.0. The molecule has 0 bridgehead atoms. The molecule has 2 heterocycles. The van der Waals surface area contributed by atoms with E-state index in [-0.39, 0.29) is 41.9 Å². The summed E-state index contributed by atoms with van der Waals surface area (Å²) in [5, 5.41) is 60.5. The molecule has 0 radical (unpaired) electrons. The number of nitrogens with one attached hydrogen (secondary N) is 8. The van der Waals surface area contributed by atoms with Crippen LogP contribution in [0.5, 0.6) is 0 Å². The molecule has 0 saturated carbocycles. The molecule has 24 heteroatoms. The van der Waals surface area contributed by atoms with Crippen LogP contribution in [0.3, 0.4) is 0 Å². The number of anilines is 1. The van der Waals surface area contributed by atoms with Crippen LogP contribution in [-0.2, 0) is 28.8 Å². The number of aliphatic hydroxyl groups excluding tert-OH is 4. The van der Waals surface area contributed by atoms with Crippen LogP contribution < -0.4 is 59.7 Å². The summed E-state index contributed by atoms with van der Waals surface area (Å²) < 4.78 is 0. The van der Waals surface area contributed by atoms with Crippen molar-refractivity contribution in [1.29, 1.82) is 0 Å². The number of amides is 6. The third-order valence-electron chi connectivity index (χ3n) is 8.27. The molecule has 0 aliphatic carbocycles. The third-order valence-corrected chi connectivity index (χ3v) is 9.01. The zero-order chi connectivity index (χ0) is 40.1. The number of hydrogen-bond acceptors (Lipinski definition) is 16. The molecule has 300 valence electrons. The molecule has 1 fully saturated rings. The van der Waals surface area contributed by atoms with Gasteiger partial charge in [-0.05, 0) is 31.2 Å². The van der Waals surface area contributed by atoms with Gasteiger partial charge in [-0.15, -0.1) is 0 Å². The minimum absolute atomic E-state index is 0.0766. The maximum atomic E-state index is 13.9. The number of carbonyl (C=O) groups excluding carboxylic acids is 6. The van der Waals surface area contributed by atoms with E-state index in [4.69, 9.17) is 40.4 Å². The standard InChI is InChI=1S/C30H46Cl2N12O10/c31-13-2-1-12(5-14(13)32)36-8-18-26(51)44-24(16-7-23(49)43-30(35)42-16)29(54)37-9-17(38-22(48)6-15(34)21(47)3-4-33)25(50)40-20(11-46)28(53)41-19(10-45)27(52)39-18/h1-2,5,15-21,23-24,36,45-47,49H,3-4,6-11,33-34H2,(H,37,54)(H,38,48)(H,39,52)(H,40,50)(H,41,53)(H,44,51)(H3,35,42,43)/t15-,16?,17?,18?,19+,20+,21-,23-,24+/m1/s1. The fourth-order valence-corrected chi connectivity index (χ4v) is 5.60. The molecule has 1 aromatic carbocycles. The van der Waals surface area contributed by atoms with Crippen LogP contribution in [0.2, 0.25) is 10.0 Å². The van der Waals surface area contributed by atoms with Gasteiger partial charge in [-0.25, -0.2) is 4.99 Å². The number of nitrogens with two attached hydrogens (primary N) is 3. The first-order chi connectivity index (χ1) is 25.6. The SMILES string of the molecule is NCC[C@@H](O)[C@H](N)CC(=O)NC1CNC(=O)[C@H](C2C[C@@H](O)N=C(N)N2)NC(=O)C(CNc2ccc(Cl)c(Cl)c2)NC(=O)[C@H](CO)NC(=O)[C@H](CO)NC1=O. The zero-order valence-electron chi connectivity index (χ0n) is 28.8. The highest BCUT2D eigenvalue weighted by molar-refractivity contribution is 6.42. The van der Waals surface area contributed by atoms with Crippen LogP contribution in [0.15, 0.2) is 23.2 Å². The largest absolute Gasteiger partial charge is 0.394 e. The van der Waals surface area contributed by atoms with Crippen molar-refractivity contribution in [3.8, 4) is 0 Å². The summed E-state index contributed by atoms with van der Waals surface area (Å²) in [6.45, 7) is -2.96. The molecule has 54 heavy (non-hydrogen) atoms. The van der Waals surface area contributed by atoms with Gasteiger partial charge < -0.3 is 80.2 Å². The maximum absolute atomic E-state index is 13.9. The lowest BCUT2D eigenvalue weighted by Crippen LogP contribution is -2.66. The van der Waals surface area contributed by atoms with Crippen molar-refractivity contribution in [3.63, 3.8) is 0 Å². The van der Waals surface area contributed by atoms with Crippen LogP contribution in [0.25, 0.3) is 0 Å². The molecule has 22 nitrogen and oxygen atoms in total. The quantitative estimate of drug-likeness (QED) is 0.0934. The first kappa shape index (κ1) is 43.9. The fraction of sp³-hybridized carbons (Fsp3) is 0.567. The number of benzene rings is 1. The van der Waals surface area contributed by atoms with E-state index in [0.29, 0.717) is 5.69 Å². The Morgan fingerprint density at radius 3 is 2.11 bits per heavy atom. The molecule has 2 aliphatic rings. The normalized spacial score (nSPS) is 27.1. The first-order valence-corrected chi connectivity index (χ1v) is 17.4. The maximum Gasteiger partial charge on any atom is 0.245 e. The van der Waals surface area contributed by atoms with Crippen LogP contribution in [0, 0.1) is 0 Å². The van der Waals surface area contributed by atoms with Crippen LogP contribution in [-0.4, -0.2) is 149 Å². The fourth-order valence-electron chi connectivity index (χ4n) is 5.30. The summed E-state index contributed by atoms with van der Waals surface area (Å²) in [6.07, 6.45) is -3.22. The van der Waals surface area contributed by atoms with Crippen molar-refractivity contribution in [1.82, 2.24) is 37.2 Å². The Kier molecular flexibility index (Phi) is 16.9. The molecule has 3 unspecified atom stereocenters. The molecule has 3 rings (SSSR count). The summed E-state index contributed by atoms with van der Waals surface area (Å²) in [5.41, 5.74) is 17.5. The molecular weight excluding hydrogens is 759 g/mol. The van der Waals surface area contributed by atoms with Crippen molar-refractivity contribution >= 4 is 70.3 Å². The Labute approximate surface area is 318 Å². The average molecular weight is 806 g/mol. The number of aliphatic hydroxyl groups is 4. The lowest BCUT2D eigenvalue weighted by molar-refractivity contribution is -0.137. The molecule has 0 aromatic heterocycles. The summed E-state index contributed by atoms with van der Waals surface area (Å²) in [6, 6.07) is -6.00. The van der Waals surface area contributed by atoms with Gasteiger partial charge in [0.1, 0.15) is 30.2 Å². The molecule has 2 aliphatic heterocycles. The number of guanidine groups is 1. The topological polar surface area (TPSA) is 370 Å². The third kappa shape index (κ3) is 12.8. The highest BCUT2D eigenvalue weighted by Gasteiger charge is 2.38. The Morgan fingerprint density at radius 1 is 0.907 bits per heavy atom. The van der Waals surface area contributed by atoms with Crippen molar-refractivity contribution in [3.05, 3.63) is 28.2 Å². The predicted octanol–water partition coefficient (Wildman–Crippen LogP) is -6.63. The van der Waals surface area contributed by atoms with E-state index < -0.39 is 116 Å². The first-order valence-electron chi connectivity index (χ1n) is 16.7. The van der Waals surface area contributed by atoms with Crippen LogP contribution >= 0.6 is 23.2 Å². The zero-order valence-corrected chi connectivity index (χ0v) is 30.3. The molecule has 18 N–H and O–H groups in total. The van der Waals surface area contributed by atoms with Gasteiger partial charge in [0.2, 0.25) is 35.4 Å². The van der Waals surface area contributed by atoms with Gasteiger partial charge in [-0.1, -0.05) is 23.2 Å². The van der Waals surface area contributed by atoms with Gasteiger partial charge in [0.15, 0.2) is 12.2 Å². The molecule has 1 saturated heterocycles. The molecule has 9 atom stereocenters. The van der Waals surface area contributed by atoms with E-state index in [9.17, 15) is 49.2 Å². The number of nitrogens with zero attached hydrogens (tertiary/aromatic N) is 1. The number of aliphatic imine (C=N–C) groups is 1. The highest BCUT2D eigenvalue weighted by atomic mass is 35.5. The summed E-state index contributed by atoms with van der Waals surface area (Å²) >= 11 is 12.1. The number of carbonyl (C=O) groups is 6. The van der Waals surface area contributed by atoms with E-state index in [1.54, 1.807) is 0 Å². The minimum Gasteiger partial charge on any atom is -0.394 e. The van der Waals surface area contributed by atoms with E-state index in [1.807, 2.05) is 0 Å². The van der Waals surface area contributed by atoms with Gasteiger partial charge in [-0.2, -0.15) is 0 Å². The molecular formula is C30H46Cl2N12O10. The minimum atomic E-state index is -1.74. The Bertz CT molecular complexity index is 1560. The Hall–Kier alpha value is -4.55. The van der Waals surface area contributed by atoms with Gasteiger partial charge in [0, 0.05) is 37.7 Å². The van der Waals surface area contributed by atoms with E-state index in [1.165, 1.54) is 18.2 Å². The highest BCUT2D eigenvalue weighted by Crippen LogP contribution is 2.25. The monoisotopic (exact) mass is 804 g/mol. The number of rotatable bonds is 12. The van der Waals surface area contributed by atoms with Crippen molar-refractivity contribution in [2.45, 2.75) is 73.9 Å². The molecule has 0 spiro atoms. The van der Waals surface area contributed by atoms with Crippen molar-refractivity contribution < 1.29 is 49.2 Å². The van der Waals surface area contributed by atoms with Gasteiger partial charge in [0.05, 0.1) is 35.4 Å². The summed E-state index contributed by atoms with van der Waals surface area (Å²) in [5.74, 6) is -6.39. The van der Waals surface area contributed by atoms with Crippen LogP contribution in [0.1, 0.15) is 19.3 Å².